The molecule has 152 valence electrons. The average Bonchev–Trinajstić information content (AvgIpc) is 3.28. The van der Waals surface area contributed by atoms with Crippen molar-refractivity contribution in [3.8, 4) is 5.75 Å². The fourth-order valence-electron chi connectivity index (χ4n) is 4.76. The van der Waals surface area contributed by atoms with E-state index in [1.54, 1.807) is 0 Å². The van der Waals surface area contributed by atoms with Gasteiger partial charge in [0.15, 0.2) is 0 Å². The zero-order chi connectivity index (χ0) is 20.5. The molecule has 3 nitrogen and oxygen atoms in total. The van der Waals surface area contributed by atoms with E-state index in [-0.39, 0.29) is 6.04 Å². The van der Waals surface area contributed by atoms with Crippen molar-refractivity contribution in [2.45, 2.75) is 25.0 Å². The Morgan fingerprint density at radius 3 is 2.50 bits per heavy atom. The van der Waals surface area contributed by atoms with Gasteiger partial charge < -0.3 is 15.0 Å². The highest BCUT2D eigenvalue weighted by Crippen LogP contribution is 2.52. The number of allylic oxidation sites excluding steroid dienone is 2. The van der Waals surface area contributed by atoms with Gasteiger partial charge in [-0.3, -0.25) is 0 Å². The number of nitrogens with zero attached hydrogens (tertiary/aromatic N) is 1. The summed E-state index contributed by atoms with van der Waals surface area (Å²) < 4.78 is 6.28. The van der Waals surface area contributed by atoms with E-state index in [9.17, 15) is 0 Å². The first kappa shape index (κ1) is 18.8. The lowest BCUT2D eigenvalue weighted by Gasteiger charge is -2.38. The minimum Gasteiger partial charge on any atom is -0.487 e. The summed E-state index contributed by atoms with van der Waals surface area (Å²) >= 11 is 0. The lowest BCUT2D eigenvalue weighted by Crippen LogP contribution is -2.29. The van der Waals surface area contributed by atoms with E-state index in [0.717, 1.165) is 17.9 Å². The Morgan fingerprint density at radius 1 is 0.933 bits per heavy atom. The molecule has 0 saturated heterocycles. The third-order valence-electron chi connectivity index (χ3n) is 6.36. The molecule has 2 aliphatic rings. The summed E-state index contributed by atoms with van der Waals surface area (Å²) in [4.78, 5) is 2.14. The SMILES string of the molecule is CN(C)c1ccc(C2Nc3c(OCc4ccccc4)cccc3C3C=CCC32)cc1. The van der Waals surface area contributed by atoms with Gasteiger partial charge in [0.05, 0.1) is 11.7 Å². The quantitative estimate of drug-likeness (QED) is 0.523. The zero-order valence-electron chi connectivity index (χ0n) is 17.6. The van der Waals surface area contributed by atoms with Crippen LogP contribution in [0.1, 0.15) is 35.1 Å². The summed E-state index contributed by atoms with van der Waals surface area (Å²) in [5, 5.41) is 3.86. The number of nitrogens with one attached hydrogen (secondary N) is 1. The molecular weight excluding hydrogens is 368 g/mol. The maximum atomic E-state index is 6.28. The summed E-state index contributed by atoms with van der Waals surface area (Å²) in [6, 6.07) is 26.0. The Labute approximate surface area is 179 Å². The molecule has 1 N–H and O–H groups in total. The highest BCUT2D eigenvalue weighted by atomic mass is 16.5. The molecule has 1 heterocycles. The molecule has 1 aliphatic heterocycles. The summed E-state index contributed by atoms with van der Waals surface area (Å²) in [6.45, 7) is 0.575. The number of hydrogen-bond acceptors (Lipinski definition) is 3. The summed E-state index contributed by atoms with van der Waals surface area (Å²) in [7, 11) is 4.16. The Kier molecular flexibility index (Phi) is 4.96. The van der Waals surface area contributed by atoms with Crippen molar-refractivity contribution >= 4 is 11.4 Å². The maximum absolute atomic E-state index is 6.28. The second-order valence-electron chi connectivity index (χ2n) is 8.46. The topological polar surface area (TPSA) is 24.5 Å². The van der Waals surface area contributed by atoms with Crippen molar-refractivity contribution in [3.05, 3.63) is 102 Å². The molecule has 0 fully saturated rings. The Hall–Kier alpha value is -3.20. The van der Waals surface area contributed by atoms with E-state index in [1.807, 2.05) is 6.07 Å². The van der Waals surface area contributed by atoms with Gasteiger partial charge >= 0.3 is 0 Å². The molecule has 5 rings (SSSR count). The van der Waals surface area contributed by atoms with Crippen LogP contribution in [0.4, 0.5) is 11.4 Å². The highest BCUT2D eigenvalue weighted by Gasteiger charge is 2.38. The zero-order valence-corrected chi connectivity index (χ0v) is 17.6. The molecule has 3 unspecified atom stereocenters. The smallest absolute Gasteiger partial charge is 0.143 e. The van der Waals surface area contributed by atoms with Crippen LogP contribution in [0.15, 0.2) is 84.9 Å². The predicted molar refractivity (Wildman–Crippen MR) is 124 cm³/mol. The van der Waals surface area contributed by atoms with E-state index >= 15 is 0 Å². The summed E-state index contributed by atoms with van der Waals surface area (Å²) in [6.07, 6.45) is 5.82. The van der Waals surface area contributed by atoms with Gasteiger partial charge in [-0.05, 0) is 47.2 Å². The van der Waals surface area contributed by atoms with E-state index in [4.69, 9.17) is 4.74 Å². The second kappa shape index (κ2) is 7.91. The molecule has 0 radical (unpaired) electrons. The van der Waals surface area contributed by atoms with Crippen LogP contribution < -0.4 is 15.0 Å². The van der Waals surface area contributed by atoms with Gasteiger partial charge in [-0.25, -0.2) is 0 Å². The minimum atomic E-state index is 0.273. The highest BCUT2D eigenvalue weighted by molar-refractivity contribution is 5.68. The lowest BCUT2D eigenvalue weighted by molar-refractivity contribution is 0.304. The molecule has 0 spiro atoms. The van der Waals surface area contributed by atoms with E-state index in [0.29, 0.717) is 18.4 Å². The van der Waals surface area contributed by atoms with Crippen molar-refractivity contribution in [1.29, 1.82) is 0 Å². The summed E-state index contributed by atoms with van der Waals surface area (Å²) in [5.74, 6) is 1.90. The van der Waals surface area contributed by atoms with Crippen molar-refractivity contribution in [1.82, 2.24) is 0 Å². The minimum absolute atomic E-state index is 0.273. The first-order chi connectivity index (χ1) is 14.7. The molecule has 0 amide bonds. The number of hydrogen-bond donors (Lipinski definition) is 1. The van der Waals surface area contributed by atoms with Crippen molar-refractivity contribution in [3.63, 3.8) is 0 Å². The second-order valence-corrected chi connectivity index (χ2v) is 8.46. The Balaban J connectivity index is 1.46. The number of fused-ring (bicyclic) bond motifs is 3. The molecule has 3 heteroatoms. The van der Waals surface area contributed by atoms with Crippen LogP contribution >= 0.6 is 0 Å². The third kappa shape index (κ3) is 3.45. The third-order valence-corrected chi connectivity index (χ3v) is 6.36. The molecule has 3 aromatic rings. The first-order valence-corrected chi connectivity index (χ1v) is 10.7. The van der Waals surface area contributed by atoms with Gasteiger partial charge in [0, 0.05) is 25.7 Å². The van der Waals surface area contributed by atoms with Crippen molar-refractivity contribution < 1.29 is 4.74 Å². The van der Waals surface area contributed by atoms with Crippen LogP contribution in [-0.2, 0) is 6.61 Å². The maximum Gasteiger partial charge on any atom is 0.143 e. The van der Waals surface area contributed by atoms with Crippen LogP contribution in [0.5, 0.6) is 5.75 Å². The molecule has 30 heavy (non-hydrogen) atoms. The molecular formula is C27H28N2O. The summed E-state index contributed by atoms with van der Waals surface area (Å²) in [5.41, 5.74) is 6.23. The number of para-hydroxylation sites is 1. The van der Waals surface area contributed by atoms with Crippen LogP contribution in [0.3, 0.4) is 0 Å². The monoisotopic (exact) mass is 396 g/mol. The number of ether oxygens (including phenoxy) is 1. The molecule has 0 bridgehead atoms. The molecule has 0 aromatic heterocycles. The van der Waals surface area contributed by atoms with Gasteiger partial charge in [-0.1, -0.05) is 66.7 Å². The molecule has 3 aromatic carbocycles. The molecule has 3 atom stereocenters. The Bertz CT molecular complexity index is 1040. The first-order valence-electron chi connectivity index (χ1n) is 10.7. The predicted octanol–water partition coefficient (Wildman–Crippen LogP) is 6.16. The lowest BCUT2D eigenvalue weighted by atomic mass is 9.77. The van der Waals surface area contributed by atoms with Crippen LogP contribution in [0, 0.1) is 5.92 Å². The molecule has 0 saturated carbocycles. The largest absolute Gasteiger partial charge is 0.487 e. The van der Waals surface area contributed by atoms with E-state index < -0.39 is 0 Å². The van der Waals surface area contributed by atoms with E-state index in [1.165, 1.54) is 22.4 Å². The van der Waals surface area contributed by atoms with Crippen LogP contribution in [0.2, 0.25) is 0 Å². The van der Waals surface area contributed by atoms with Gasteiger partial charge in [0.1, 0.15) is 12.4 Å². The van der Waals surface area contributed by atoms with Crippen molar-refractivity contribution in [2.75, 3.05) is 24.3 Å². The molecule has 1 aliphatic carbocycles. The van der Waals surface area contributed by atoms with Crippen molar-refractivity contribution in [2.24, 2.45) is 5.92 Å². The average molecular weight is 397 g/mol. The van der Waals surface area contributed by atoms with Gasteiger partial charge in [0.2, 0.25) is 0 Å². The normalized spacial score (nSPS) is 21.5. The fourth-order valence-corrected chi connectivity index (χ4v) is 4.76. The van der Waals surface area contributed by atoms with Crippen LogP contribution in [-0.4, -0.2) is 14.1 Å². The number of anilines is 2. The van der Waals surface area contributed by atoms with E-state index in [2.05, 4.69) is 103 Å². The van der Waals surface area contributed by atoms with Gasteiger partial charge in [-0.15, -0.1) is 0 Å². The Morgan fingerprint density at radius 2 is 1.73 bits per heavy atom. The number of rotatable bonds is 5. The van der Waals surface area contributed by atoms with Gasteiger partial charge in [0.25, 0.3) is 0 Å². The fraction of sp³-hybridized carbons (Fsp3) is 0.259. The number of benzene rings is 3. The van der Waals surface area contributed by atoms with Gasteiger partial charge in [-0.2, -0.15) is 0 Å². The van der Waals surface area contributed by atoms with Crippen LogP contribution in [0.25, 0.3) is 0 Å². The standard InChI is InChI=1S/C27H28N2O/c1-29(2)21-16-14-20(15-17-21)26-23-11-6-10-22(23)24-12-7-13-25(27(24)28-26)30-18-19-8-4-3-5-9-19/h3-10,12-17,22-23,26,28H,11,18H2,1-2H3.